The maximum absolute atomic E-state index is 10.9. The van der Waals surface area contributed by atoms with Gasteiger partial charge >= 0.3 is 75.0 Å². The van der Waals surface area contributed by atoms with Crippen LogP contribution in [0.2, 0.25) is 0 Å². The first-order valence-electron chi connectivity index (χ1n) is 2.88. The van der Waals surface area contributed by atoms with Crippen molar-refractivity contribution in [1.82, 2.24) is 0 Å². The van der Waals surface area contributed by atoms with Crippen molar-refractivity contribution in [2.75, 3.05) is 0 Å². The summed E-state index contributed by atoms with van der Waals surface area (Å²) in [6, 6.07) is 6.24. The molecule has 0 aliphatic heterocycles. The van der Waals surface area contributed by atoms with Gasteiger partial charge < -0.3 is 0 Å². The van der Waals surface area contributed by atoms with Gasteiger partial charge in [0.15, 0.2) is 0 Å². The monoisotopic (exact) mass is 235 g/mol. The molecule has 11 heavy (non-hydrogen) atoms. The molecule has 1 aromatic carbocycles. The fourth-order valence-corrected chi connectivity index (χ4v) is 0.912. The van der Waals surface area contributed by atoms with Crippen molar-refractivity contribution >= 4 is 5.97 Å². The summed E-state index contributed by atoms with van der Waals surface area (Å²) in [6.45, 7) is 0. The molecule has 0 radical (unpaired) electrons. The third-order valence-electron chi connectivity index (χ3n) is 1.20. The first kappa shape index (κ1) is 8.28. The maximum atomic E-state index is 10.9. The Labute approximate surface area is 75.3 Å². The SMILES string of the molecule is O=C([O][Mo])c1ccccc1O. The predicted octanol–water partition coefficient (Wildman–Crippen LogP) is 1.01. The molecule has 0 heterocycles. The van der Waals surface area contributed by atoms with E-state index in [1.165, 1.54) is 32.3 Å². The molecule has 0 fully saturated rings. The standard InChI is InChI=1S/C7H6O3.Mo/c8-6-4-2-1-3-5(6)7(9)10;/h1-4,8H,(H,9,10);/q;+1/p-1. The van der Waals surface area contributed by atoms with Gasteiger partial charge in [-0.1, -0.05) is 0 Å². The van der Waals surface area contributed by atoms with Crippen molar-refractivity contribution < 1.29 is 33.5 Å². The van der Waals surface area contributed by atoms with Gasteiger partial charge in [0.1, 0.15) is 0 Å². The molecule has 0 unspecified atom stereocenters. The molecule has 0 amide bonds. The van der Waals surface area contributed by atoms with Gasteiger partial charge in [0, 0.05) is 0 Å². The quantitative estimate of drug-likeness (QED) is 0.736. The van der Waals surface area contributed by atoms with E-state index in [4.69, 9.17) is 5.11 Å². The molecule has 0 aliphatic rings. The summed E-state index contributed by atoms with van der Waals surface area (Å²) in [5.41, 5.74) is 0.192. The van der Waals surface area contributed by atoms with Crippen LogP contribution in [0.3, 0.4) is 0 Å². The number of hydrogen-bond acceptors (Lipinski definition) is 3. The van der Waals surface area contributed by atoms with Crippen LogP contribution in [0.25, 0.3) is 0 Å². The van der Waals surface area contributed by atoms with E-state index in [9.17, 15) is 4.79 Å². The molecule has 0 spiro atoms. The second kappa shape index (κ2) is 3.53. The van der Waals surface area contributed by atoms with E-state index in [-0.39, 0.29) is 11.3 Å². The second-order valence-corrected chi connectivity index (χ2v) is 2.30. The number of carbonyl (C=O) groups is 1. The number of carbonyl (C=O) groups excluding carboxylic acids is 1. The van der Waals surface area contributed by atoms with Crippen molar-refractivity contribution in [3.63, 3.8) is 0 Å². The van der Waals surface area contributed by atoms with E-state index in [1.807, 2.05) is 0 Å². The number of hydrogen-bond donors (Lipinski definition) is 1. The van der Waals surface area contributed by atoms with E-state index in [0.717, 1.165) is 0 Å². The molecule has 0 aromatic heterocycles. The van der Waals surface area contributed by atoms with Crippen molar-refractivity contribution in [3.05, 3.63) is 29.8 Å². The average Bonchev–Trinajstić information content (AvgIpc) is 2.04. The summed E-state index contributed by atoms with van der Waals surface area (Å²) in [7, 11) is 0. The summed E-state index contributed by atoms with van der Waals surface area (Å²) in [4.78, 5) is 10.9. The molecule has 0 aliphatic carbocycles. The van der Waals surface area contributed by atoms with Crippen LogP contribution >= 0.6 is 0 Å². The van der Waals surface area contributed by atoms with Crippen LogP contribution in [-0.2, 0) is 23.6 Å². The molecule has 3 nitrogen and oxygen atoms in total. The van der Waals surface area contributed by atoms with Crippen molar-refractivity contribution in [2.45, 2.75) is 0 Å². The average molecular weight is 233 g/mol. The fourth-order valence-electron chi connectivity index (χ4n) is 0.691. The van der Waals surface area contributed by atoms with Crippen LogP contribution in [0.15, 0.2) is 24.3 Å². The predicted molar refractivity (Wildman–Crippen MR) is 33.5 cm³/mol. The zero-order valence-corrected chi connectivity index (χ0v) is 7.49. The third kappa shape index (κ3) is 1.81. The van der Waals surface area contributed by atoms with Gasteiger partial charge in [0.2, 0.25) is 0 Å². The molecule has 0 saturated carbocycles. The molecule has 1 N–H and O–H groups in total. The van der Waals surface area contributed by atoms with E-state index < -0.39 is 5.97 Å². The summed E-state index contributed by atoms with van der Waals surface area (Å²) < 4.78 is 4.43. The molecule has 1 aromatic rings. The Hall–Kier alpha value is -0.822. The fraction of sp³-hybridized carbons (Fsp3) is 0. The Morgan fingerprint density at radius 1 is 1.45 bits per heavy atom. The van der Waals surface area contributed by atoms with E-state index in [1.54, 1.807) is 12.1 Å². The van der Waals surface area contributed by atoms with Gasteiger partial charge in [-0.2, -0.15) is 0 Å². The normalized spacial score (nSPS) is 9.09. The summed E-state index contributed by atoms with van der Waals surface area (Å²) in [6.07, 6.45) is 0. The zero-order chi connectivity index (χ0) is 8.27. The minimum atomic E-state index is -0.520. The van der Waals surface area contributed by atoms with E-state index in [0.29, 0.717) is 0 Å². The Balaban J connectivity index is 3.03. The van der Waals surface area contributed by atoms with Crippen LogP contribution in [0.5, 0.6) is 5.75 Å². The van der Waals surface area contributed by atoms with Gasteiger partial charge in [-0.15, -0.1) is 0 Å². The van der Waals surface area contributed by atoms with Crippen LogP contribution in [0.1, 0.15) is 10.4 Å². The number of phenols is 1. The van der Waals surface area contributed by atoms with Gasteiger partial charge in [-0.25, -0.2) is 0 Å². The van der Waals surface area contributed by atoms with Crippen LogP contribution in [-0.4, -0.2) is 11.1 Å². The third-order valence-corrected chi connectivity index (χ3v) is 1.57. The van der Waals surface area contributed by atoms with Gasteiger partial charge in [-0.05, 0) is 0 Å². The topological polar surface area (TPSA) is 46.5 Å². The molecule has 4 heteroatoms. The Morgan fingerprint density at radius 2 is 2.09 bits per heavy atom. The number of aromatic hydroxyl groups is 1. The molecule has 0 bridgehead atoms. The second-order valence-electron chi connectivity index (χ2n) is 1.89. The number of phenolic OH excluding ortho intramolecular Hbond substituents is 1. The van der Waals surface area contributed by atoms with Gasteiger partial charge in [-0.3, -0.25) is 0 Å². The Morgan fingerprint density at radius 3 is 2.64 bits per heavy atom. The van der Waals surface area contributed by atoms with E-state index >= 15 is 0 Å². The zero-order valence-electron chi connectivity index (χ0n) is 5.48. The molecular weight excluding hydrogens is 228 g/mol. The molecule has 0 atom stereocenters. The van der Waals surface area contributed by atoms with Crippen molar-refractivity contribution in [3.8, 4) is 5.75 Å². The van der Waals surface area contributed by atoms with Crippen LogP contribution in [0, 0.1) is 0 Å². The Bertz CT molecular complexity index is 272. The Kier molecular flexibility index (Phi) is 2.66. The number of benzene rings is 1. The van der Waals surface area contributed by atoms with Crippen LogP contribution < -0.4 is 0 Å². The molecule has 1 rings (SSSR count). The van der Waals surface area contributed by atoms with Gasteiger partial charge in [0.25, 0.3) is 0 Å². The molecular formula is C7H5MoO3. The summed E-state index contributed by atoms with van der Waals surface area (Å²) in [5, 5.41) is 9.11. The van der Waals surface area contributed by atoms with Crippen molar-refractivity contribution in [1.29, 1.82) is 0 Å². The van der Waals surface area contributed by atoms with Gasteiger partial charge in [0.05, 0.1) is 0 Å². The first-order chi connectivity index (χ1) is 5.25. The first-order valence-corrected chi connectivity index (χ1v) is 3.70. The number of para-hydroxylation sites is 1. The minimum absolute atomic E-state index is 0.0546. The molecule has 57 valence electrons. The van der Waals surface area contributed by atoms with Crippen molar-refractivity contribution in [2.24, 2.45) is 0 Å². The summed E-state index contributed by atoms with van der Waals surface area (Å²) in [5.74, 6) is -0.575. The van der Waals surface area contributed by atoms with Crippen LogP contribution in [0.4, 0.5) is 0 Å². The van der Waals surface area contributed by atoms with E-state index in [2.05, 4.69) is 3.39 Å². The molecule has 0 saturated heterocycles. The number of rotatable bonds is 1. The summed E-state index contributed by atoms with van der Waals surface area (Å²) >= 11 is 1.21.